The molecule has 1 saturated carbocycles. The summed E-state index contributed by atoms with van der Waals surface area (Å²) in [6.07, 6.45) is 2.61. The van der Waals surface area contributed by atoms with Gasteiger partial charge in [0.15, 0.2) is 0 Å². The van der Waals surface area contributed by atoms with Gasteiger partial charge < -0.3 is 19.3 Å². The maximum Gasteiger partial charge on any atom is 0.225 e. The molecule has 7 nitrogen and oxygen atoms in total. The molecule has 0 N–H and O–H groups in total. The lowest BCUT2D eigenvalue weighted by Gasteiger charge is -2.44. The Balaban J connectivity index is 1.69. The molecule has 0 spiro atoms. The SMILES string of the molecule is COCCC(=O)N1CCN(c2nc(C3CC3)c(-c3ccccc3OC)cc2C#N)CC1C(C)C. The number of hydrogen-bond donors (Lipinski definition) is 0. The predicted octanol–water partition coefficient (Wildman–Crippen LogP) is 4.22. The topological polar surface area (TPSA) is 78.7 Å². The standard InChI is InChI=1S/C27H34N4O3/c1-18(2)23-17-30(12-13-31(23)25(32)11-14-33-3)27-20(16-28)15-22(26(29-27)19-9-10-19)21-7-5-6-8-24(21)34-4/h5-8,15,18-19,23H,9-14,17H2,1-4H3. The molecule has 0 radical (unpaired) electrons. The van der Waals surface area contributed by atoms with Crippen LogP contribution in [0.3, 0.4) is 0 Å². The van der Waals surface area contributed by atoms with E-state index < -0.39 is 0 Å². The molecule has 7 heteroatoms. The van der Waals surface area contributed by atoms with E-state index in [-0.39, 0.29) is 17.9 Å². The Morgan fingerprint density at radius 3 is 2.62 bits per heavy atom. The van der Waals surface area contributed by atoms with Gasteiger partial charge in [0.1, 0.15) is 17.6 Å². The number of hydrogen-bond acceptors (Lipinski definition) is 6. The highest BCUT2D eigenvalue weighted by atomic mass is 16.5. The van der Waals surface area contributed by atoms with Crippen LogP contribution in [0.1, 0.15) is 50.3 Å². The number of pyridine rings is 1. The van der Waals surface area contributed by atoms with Crippen LogP contribution in [0.2, 0.25) is 0 Å². The van der Waals surface area contributed by atoms with Crippen molar-refractivity contribution < 1.29 is 14.3 Å². The summed E-state index contributed by atoms with van der Waals surface area (Å²) >= 11 is 0. The number of anilines is 1. The molecule has 180 valence electrons. The first-order chi connectivity index (χ1) is 16.5. The number of benzene rings is 1. The average Bonchev–Trinajstić information content (AvgIpc) is 3.71. The van der Waals surface area contributed by atoms with Gasteiger partial charge in [-0.05, 0) is 30.9 Å². The highest BCUT2D eigenvalue weighted by molar-refractivity contribution is 5.78. The summed E-state index contributed by atoms with van der Waals surface area (Å²) in [4.78, 5) is 22.1. The number of nitriles is 1. The summed E-state index contributed by atoms with van der Waals surface area (Å²) in [6.45, 7) is 6.65. The fraction of sp³-hybridized carbons (Fsp3) is 0.519. The molecule has 1 aromatic carbocycles. The molecule has 1 atom stereocenters. The van der Waals surface area contributed by atoms with E-state index >= 15 is 0 Å². The summed E-state index contributed by atoms with van der Waals surface area (Å²) < 4.78 is 10.7. The molecule has 1 saturated heterocycles. The van der Waals surface area contributed by atoms with Gasteiger partial charge in [-0.25, -0.2) is 4.98 Å². The smallest absolute Gasteiger partial charge is 0.225 e. The number of piperazine rings is 1. The summed E-state index contributed by atoms with van der Waals surface area (Å²) in [5.74, 6) is 2.34. The van der Waals surface area contributed by atoms with E-state index in [0.29, 0.717) is 44.1 Å². The molecule has 2 heterocycles. The van der Waals surface area contributed by atoms with Crippen molar-refractivity contribution in [3.05, 3.63) is 41.6 Å². The van der Waals surface area contributed by atoms with Crippen LogP contribution < -0.4 is 9.64 Å². The normalized spacial score (nSPS) is 18.2. The van der Waals surface area contributed by atoms with Crippen LogP contribution in [0.15, 0.2) is 30.3 Å². The van der Waals surface area contributed by atoms with Crippen LogP contribution in [-0.2, 0) is 9.53 Å². The second kappa shape index (κ2) is 10.4. The Hall–Kier alpha value is -3.11. The lowest BCUT2D eigenvalue weighted by atomic mass is 9.96. The van der Waals surface area contributed by atoms with Crippen molar-refractivity contribution in [2.45, 2.75) is 45.1 Å². The molecule has 4 rings (SSSR count). The lowest BCUT2D eigenvalue weighted by molar-refractivity contribution is -0.135. The zero-order valence-corrected chi connectivity index (χ0v) is 20.6. The first kappa shape index (κ1) is 24.0. The van der Waals surface area contributed by atoms with E-state index in [1.165, 1.54) is 0 Å². The van der Waals surface area contributed by atoms with Crippen LogP contribution in [0.4, 0.5) is 5.82 Å². The van der Waals surface area contributed by atoms with Gasteiger partial charge in [-0.1, -0.05) is 32.0 Å². The molecule has 1 unspecified atom stereocenters. The van der Waals surface area contributed by atoms with Crippen molar-refractivity contribution in [2.24, 2.45) is 5.92 Å². The molecule has 34 heavy (non-hydrogen) atoms. The van der Waals surface area contributed by atoms with Gasteiger partial charge in [0.2, 0.25) is 5.91 Å². The molecule has 1 aromatic heterocycles. The Morgan fingerprint density at radius 2 is 1.97 bits per heavy atom. The Bertz CT molecular complexity index is 1070. The van der Waals surface area contributed by atoms with Crippen LogP contribution in [0.25, 0.3) is 11.1 Å². The molecular weight excluding hydrogens is 428 g/mol. The molecule has 1 amide bonds. The fourth-order valence-corrected chi connectivity index (χ4v) is 4.81. The van der Waals surface area contributed by atoms with Gasteiger partial charge in [-0.3, -0.25) is 4.79 Å². The number of para-hydroxylation sites is 1. The summed E-state index contributed by atoms with van der Waals surface area (Å²) in [5, 5.41) is 10.1. The Labute approximate surface area is 202 Å². The fourth-order valence-electron chi connectivity index (χ4n) is 4.81. The highest BCUT2D eigenvalue weighted by Gasteiger charge is 2.35. The van der Waals surface area contributed by atoms with E-state index in [1.54, 1.807) is 14.2 Å². The summed E-state index contributed by atoms with van der Waals surface area (Å²) in [7, 11) is 3.29. The van der Waals surface area contributed by atoms with Crippen LogP contribution in [0.5, 0.6) is 5.75 Å². The molecule has 1 aliphatic heterocycles. The molecule has 1 aliphatic carbocycles. The van der Waals surface area contributed by atoms with Crippen molar-refractivity contribution in [1.82, 2.24) is 9.88 Å². The maximum absolute atomic E-state index is 12.8. The third-order valence-corrected chi connectivity index (χ3v) is 6.84. The monoisotopic (exact) mass is 462 g/mol. The van der Waals surface area contributed by atoms with E-state index in [2.05, 4.69) is 24.8 Å². The minimum Gasteiger partial charge on any atom is -0.496 e. The Morgan fingerprint density at radius 1 is 1.21 bits per heavy atom. The van der Waals surface area contributed by atoms with Gasteiger partial charge in [0, 0.05) is 43.8 Å². The second-order valence-electron chi connectivity index (χ2n) is 9.47. The van der Waals surface area contributed by atoms with Crippen LogP contribution in [0, 0.1) is 17.2 Å². The van der Waals surface area contributed by atoms with Gasteiger partial charge in [0.25, 0.3) is 0 Å². The number of amides is 1. The number of rotatable bonds is 8. The number of aromatic nitrogens is 1. The van der Waals surface area contributed by atoms with E-state index in [4.69, 9.17) is 14.5 Å². The van der Waals surface area contributed by atoms with Gasteiger partial charge in [-0.15, -0.1) is 0 Å². The van der Waals surface area contributed by atoms with Crippen LogP contribution >= 0.6 is 0 Å². The zero-order valence-electron chi connectivity index (χ0n) is 20.6. The maximum atomic E-state index is 12.8. The van der Waals surface area contributed by atoms with E-state index in [1.807, 2.05) is 35.2 Å². The molecule has 2 aromatic rings. The van der Waals surface area contributed by atoms with Crippen molar-refractivity contribution in [1.29, 1.82) is 5.26 Å². The van der Waals surface area contributed by atoms with Crippen molar-refractivity contribution in [3.8, 4) is 22.9 Å². The molecule has 2 fully saturated rings. The number of nitrogens with zero attached hydrogens (tertiary/aromatic N) is 4. The average molecular weight is 463 g/mol. The first-order valence-corrected chi connectivity index (χ1v) is 12.1. The number of ether oxygens (including phenoxy) is 2. The van der Waals surface area contributed by atoms with Crippen molar-refractivity contribution >= 4 is 11.7 Å². The van der Waals surface area contributed by atoms with Gasteiger partial charge >= 0.3 is 0 Å². The molecular formula is C27H34N4O3. The Kier molecular flexibility index (Phi) is 7.38. The third-order valence-electron chi connectivity index (χ3n) is 6.84. The van der Waals surface area contributed by atoms with Gasteiger partial charge in [0.05, 0.1) is 37.4 Å². The third kappa shape index (κ3) is 4.88. The predicted molar refractivity (Wildman–Crippen MR) is 132 cm³/mol. The van der Waals surface area contributed by atoms with E-state index in [9.17, 15) is 10.1 Å². The summed E-state index contributed by atoms with van der Waals surface area (Å²) in [5.41, 5.74) is 3.55. The highest BCUT2D eigenvalue weighted by Crippen LogP contribution is 2.46. The summed E-state index contributed by atoms with van der Waals surface area (Å²) in [6, 6.07) is 12.3. The minimum absolute atomic E-state index is 0.0599. The van der Waals surface area contributed by atoms with E-state index in [0.717, 1.165) is 41.2 Å². The first-order valence-electron chi connectivity index (χ1n) is 12.1. The number of carbonyl (C=O) groups excluding carboxylic acids is 1. The number of methoxy groups -OCH3 is 2. The van der Waals surface area contributed by atoms with Crippen LogP contribution in [-0.4, -0.2) is 62.3 Å². The lowest BCUT2D eigenvalue weighted by Crippen LogP contribution is -2.57. The zero-order chi connectivity index (χ0) is 24.2. The van der Waals surface area contributed by atoms with Crippen molar-refractivity contribution in [2.75, 3.05) is 45.4 Å². The number of carbonyl (C=O) groups is 1. The van der Waals surface area contributed by atoms with Gasteiger partial charge in [-0.2, -0.15) is 5.26 Å². The minimum atomic E-state index is 0.0599. The largest absolute Gasteiger partial charge is 0.496 e. The quantitative estimate of drug-likeness (QED) is 0.585. The molecule has 2 aliphatic rings. The second-order valence-corrected chi connectivity index (χ2v) is 9.47. The molecule has 0 bridgehead atoms. The van der Waals surface area contributed by atoms with Crippen molar-refractivity contribution in [3.63, 3.8) is 0 Å².